The van der Waals surface area contributed by atoms with Crippen LogP contribution in [-0.4, -0.2) is 15.5 Å². The van der Waals surface area contributed by atoms with Gasteiger partial charge in [0.25, 0.3) is 11.5 Å². The molecule has 0 spiro atoms. The summed E-state index contributed by atoms with van der Waals surface area (Å²) >= 11 is 0. The number of hydrogen-bond donors (Lipinski definition) is 2. The van der Waals surface area contributed by atoms with Crippen molar-refractivity contribution >= 4 is 28.2 Å². The first-order valence-electron chi connectivity index (χ1n) is 11.7. The Labute approximate surface area is 206 Å². The van der Waals surface area contributed by atoms with Gasteiger partial charge in [-0.05, 0) is 53.6 Å². The summed E-state index contributed by atoms with van der Waals surface area (Å²) in [6.45, 7) is 0.898. The fraction of sp³-hybridized carbons (Fsp3) is 0.103. The Bertz CT molecular complexity index is 1670. The lowest BCUT2D eigenvalue weighted by Crippen LogP contribution is -2.23. The van der Waals surface area contributed by atoms with Crippen molar-refractivity contribution in [3.63, 3.8) is 0 Å². The number of nitrogens with one attached hydrogen (secondary N) is 2. The minimum Gasteiger partial charge on any atom is -0.348 e. The topological polar surface area (TPSA) is 70.1 Å². The number of aryl methyl sites for hydroxylation is 1. The molecule has 7 heteroatoms. The minimum absolute atomic E-state index is 0.170. The molecule has 0 bridgehead atoms. The summed E-state index contributed by atoms with van der Waals surface area (Å²) in [6.07, 6.45) is 3.67. The number of amides is 1. The van der Waals surface area contributed by atoms with Gasteiger partial charge in [0.2, 0.25) is 0 Å². The zero-order valence-corrected chi connectivity index (χ0v) is 19.6. The summed E-state index contributed by atoms with van der Waals surface area (Å²) in [5.74, 6) is -0.493. The van der Waals surface area contributed by atoms with Gasteiger partial charge in [0.1, 0.15) is 11.3 Å². The Kier molecular flexibility index (Phi) is 5.18. The Morgan fingerprint density at radius 1 is 1.03 bits per heavy atom. The summed E-state index contributed by atoms with van der Waals surface area (Å²) < 4.78 is 15.5. The number of anilines is 2. The van der Waals surface area contributed by atoms with Crippen LogP contribution < -0.4 is 15.8 Å². The minimum atomic E-state index is -0.311. The zero-order valence-electron chi connectivity index (χ0n) is 19.6. The molecule has 6 nitrogen and oxygen atoms in total. The summed E-state index contributed by atoms with van der Waals surface area (Å²) in [5, 5.41) is 3.85. The molecule has 2 aromatic heterocycles. The van der Waals surface area contributed by atoms with Gasteiger partial charge in [0, 0.05) is 59.4 Å². The van der Waals surface area contributed by atoms with Crippen LogP contribution >= 0.6 is 0 Å². The Balaban J connectivity index is 1.49. The summed E-state index contributed by atoms with van der Waals surface area (Å²) in [5.41, 5.74) is 6.29. The average Bonchev–Trinajstić information content (AvgIpc) is 3.19. The number of rotatable bonds is 4. The largest absolute Gasteiger partial charge is 0.348 e. The van der Waals surface area contributed by atoms with E-state index < -0.39 is 0 Å². The van der Waals surface area contributed by atoms with Gasteiger partial charge >= 0.3 is 0 Å². The summed E-state index contributed by atoms with van der Waals surface area (Å²) in [4.78, 5) is 30.7. The number of aromatic nitrogens is 2. The van der Waals surface area contributed by atoms with E-state index in [1.165, 1.54) is 12.1 Å². The van der Waals surface area contributed by atoms with Gasteiger partial charge in [0.15, 0.2) is 0 Å². The number of carbonyl (C=O) groups excluding carboxylic acids is 1. The molecule has 0 saturated carbocycles. The number of halogens is 1. The van der Waals surface area contributed by atoms with Crippen LogP contribution in [0.5, 0.6) is 0 Å². The van der Waals surface area contributed by atoms with Crippen LogP contribution in [0, 0.1) is 5.82 Å². The predicted molar refractivity (Wildman–Crippen MR) is 139 cm³/mol. The number of fused-ring (bicyclic) bond motifs is 2. The summed E-state index contributed by atoms with van der Waals surface area (Å²) in [6, 6.07) is 21.7. The van der Waals surface area contributed by atoms with Gasteiger partial charge in [-0.25, -0.2) is 4.39 Å². The highest BCUT2D eigenvalue weighted by Crippen LogP contribution is 2.44. The number of nitrogens with zero attached hydrogens (tertiary/aromatic N) is 2. The lowest BCUT2D eigenvalue weighted by molar-refractivity contribution is 0.0951. The van der Waals surface area contributed by atoms with Crippen molar-refractivity contribution in [3.05, 3.63) is 118 Å². The van der Waals surface area contributed by atoms with Crippen molar-refractivity contribution in [3.8, 4) is 11.1 Å². The number of benzene rings is 3. The van der Waals surface area contributed by atoms with Crippen molar-refractivity contribution in [2.24, 2.45) is 7.05 Å². The van der Waals surface area contributed by atoms with Crippen LogP contribution in [0.4, 0.5) is 15.8 Å². The Morgan fingerprint density at radius 3 is 2.58 bits per heavy atom. The molecule has 1 aliphatic rings. The van der Waals surface area contributed by atoms with Crippen molar-refractivity contribution in [1.29, 1.82) is 0 Å². The van der Waals surface area contributed by atoms with Crippen molar-refractivity contribution in [2.45, 2.75) is 13.1 Å². The second kappa shape index (κ2) is 8.53. The second-order valence-corrected chi connectivity index (χ2v) is 8.98. The molecule has 3 heterocycles. The average molecular weight is 479 g/mol. The number of pyridine rings is 1. The highest BCUT2D eigenvalue weighted by Gasteiger charge is 2.26. The molecule has 1 amide bonds. The number of carbonyl (C=O) groups is 1. The molecule has 0 fully saturated rings. The SMILES string of the molecule is Cn1cc2c3c(c[nH]c(=O)c31)CN(c1ccc(F)cc1)c1ccc(C(=O)NCc3ccccc3)cc1-2. The summed E-state index contributed by atoms with van der Waals surface area (Å²) in [7, 11) is 1.85. The van der Waals surface area contributed by atoms with Crippen LogP contribution in [0.25, 0.3) is 22.0 Å². The van der Waals surface area contributed by atoms with E-state index in [0.717, 1.165) is 39.0 Å². The molecule has 0 saturated heterocycles. The van der Waals surface area contributed by atoms with Crippen LogP contribution in [0.15, 0.2) is 90.0 Å². The standard InChI is InChI=1S/C29H23FN4O2/c1-33-17-24-23-13-19(28(35)31-14-18-5-3-2-4-6-18)7-12-25(23)34(22-10-8-21(30)9-11-22)16-20-15-32-29(36)27(33)26(20)24/h2-13,15,17H,14,16H2,1H3,(H,31,35)(H,32,36). The maximum atomic E-state index is 13.7. The van der Waals surface area contributed by atoms with Gasteiger partial charge in [-0.15, -0.1) is 0 Å². The van der Waals surface area contributed by atoms with E-state index in [1.54, 1.807) is 24.4 Å². The first-order chi connectivity index (χ1) is 17.5. The highest BCUT2D eigenvalue weighted by molar-refractivity contribution is 6.05. The molecule has 0 aliphatic carbocycles. The predicted octanol–water partition coefficient (Wildman–Crippen LogP) is 5.25. The van der Waals surface area contributed by atoms with E-state index in [0.29, 0.717) is 24.2 Å². The van der Waals surface area contributed by atoms with Gasteiger partial charge in [-0.2, -0.15) is 0 Å². The van der Waals surface area contributed by atoms with Crippen LogP contribution in [0.3, 0.4) is 0 Å². The van der Waals surface area contributed by atoms with Gasteiger partial charge in [0.05, 0.1) is 6.54 Å². The molecular formula is C29H23FN4O2. The van der Waals surface area contributed by atoms with Gasteiger partial charge in [-0.1, -0.05) is 30.3 Å². The molecule has 6 rings (SSSR count). The molecule has 5 aromatic rings. The number of hydrogen-bond acceptors (Lipinski definition) is 3. The molecule has 0 atom stereocenters. The Morgan fingerprint density at radius 2 is 1.81 bits per heavy atom. The fourth-order valence-corrected chi connectivity index (χ4v) is 4.96. The van der Waals surface area contributed by atoms with E-state index >= 15 is 0 Å². The molecule has 1 aliphatic heterocycles. The zero-order chi connectivity index (χ0) is 24.8. The molecule has 0 unspecified atom stereocenters. The third-order valence-corrected chi connectivity index (χ3v) is 6.70. The fourth-order valence-electron chi connectivity index (χ4n) is 4.96. The Hall–Kier alpha value is -4.65. The molecule has 36 heavy (non-hydrogen) atoms. The van der Waals surface area contributed by atoms with Crippen LogP contribution in [-0.2, 0) is 20.1 Å². The molecule has 0 radical (unpaired) electrons. The second-order valence-electron chi connectivity index (χ2n) is 8.98. The van der Waals surface area contributed by atoms with E-state index in [4.69, 9.17) is 0 Å². The molecular weight excluding hydrogens is 455 g/mol. The number of H-pyrrole nitrogens is 1. The first-order valence-corrected chi connectivity index (χ1v) is 11.7. The van der Waals surface area contributed by atoms with E-state index in [1.807, 2.05) is 60.3 Å². The van der Waals surface area contributed by atoms with Gasteiger partial charge < -0.3 is 19.8 Å². The first kappa shape index (κ1) is 21.9. The highest BCUT2D eigenvalue weighted by atomic mass is 19.1. The molecule has 3 aromatic carbocycles. The maximum Gasteiger partial charge on any atom is 0.272 e. The van der Waals surface area contributed by atoms with E-state index in [2.05, 4.69) is 15.2 Å². The van der Waals surface area contributed by atoms with E-state index in [9.17, 15) is 14.0 Å². The molecule has 2 N–H and O–H groups in total. The monoisotopic (exact) mass is 478 g/mol. The third-order valence-electron chi connectivity index (χ3n) is 6.70. The number of aromatic amines is 1. The van der Waals surface area contributed by atoms with Crippen LogP contribution in [0.1, 0.15) is 21.5 Å². The van der Waals surface area contributed by atoms with Crippen LogP contribution in [0.2, 0.25) is 0 Å². The smallest absolute Gasteiger partial charge is 0.272 e. The third kappa shape index (κ3) is 3.65. The quantitative estimate of drug-likeness (QED) is 0.371. The van der Waals surface area contributed by atoms with Gasteiger partial charge in [-0.3, -0.25) is 9.59 Å². The lowest BCUT2D eigenvalue weighted by atomic mass is 9.99. The van der Waals surface area contributed by atoms with E-state index in [-0.39, 0.29) is 17.3 Å². The normalized spacial score (nSPS) is 12.3. The van der Waals surface area contributed by atoms with Crippen molar-refractivity contribution < 1.29 is 9.18 Å². The van der Waals surface area contributed by atoms with Crippen molar-refractivity contribution in [1.82, 2.24) is 14.9 Å². The lowest BCUT2D eigenvalue weighted by Gasteiger charge is -2.26. The molecule has 178 valence electrons. The maximum absolute atomic E-state index is 13.7. The van der Waals surface area contributed by atoms with Crippen molar-refractivity contribution in [2.75, 3.05) is 4.90 Å².